The highest BCUT2D eigenvalue weighted by molar-refractivity contribution is 5.72. The van der Waals surface area contributed by atoms with Gasteiger partial charge in [0.25, 0.3) is 0 Å². The molecule has 0 aliphatic carbocycles. The first-order chi connectivity index (χ1) is 10.1. The standard InChI is InChI=1S/C16H30N2O3/c1-13(2)10-18-8-9-21-15(12-18)11-17-6-4-14(5-7-17)16(19)20-3/h13-15H,4-12H2,1-3H3. The minimum Gasteiger partial charge on any atom is -0.469 e. The van der Waals surface area contributed by atoms with Crippen molar-refractivity contribution in [2.24, 2.45) is 11.8 Å². The molecule has 2 saturated heterocycles. The molecule has 5 nitrogen and oxygen atoms in total. The van der Waals surface area contributed by atoms with E-state index in [4.69, 9.17) is 9.47 Å². The van der Waals surface area contributed by atoms with E-state index in [2.05, 4.69) is 23.6 Å². The Morgan fingerprint density at radius 1 is 1.24 bits per heavy atom. The molecular weight excluding hydrogens is 268 g/mol. The van der Waals surface area contributed by atoms with Crippen molar-refractivity contribution in [3.8, 4) is 0 Å². The Hall–Kier alpha value is -0.650. The molecule has 122 valence electrons. The number of ether oxygens (including phenoxy) is 2. The number of rotatable bonds is 5. The summed E-state index contributed by atoms with van der Waals surface area (Å²) >= 11 is 0. The number of piperidine rings is 1. The molecule has 1 atom stereocenters. The molecule has 2 aliphatic rings. The van der Waals surface area contributed by atoms with Gasteiger partial charge in [-0.05, 0) is 31.8 Å². The van der Waals surface area contributed by atoms with Crippen LogP contribution in [0.3, 0.4) is 0 Å². The number of hydrogen-bond acceptors (Lipinski definition) is 5. The first-order valence-corrected chi connectivity index (χ1v) is 8.22. The van der Waals surface area contributed by atoms with Gasteiger partial charge in [-0.25, -0.2) is 0 Å². The predicted molar refractivity (Wildman–Crippen MR) is 82.2 cm³/mol. The van der Waals surface area contributed by atoms with Crippen molar-refractivity contribution >= 4 is 5.97 Å². The maximum atomic E-state index is 11.5. The van der Waals surface area contributed by atoms with Crippen molar-refractivity contribution in [1.82, 2.24) is 9.80 Å². The predicted octanol–water partition coefficient (Wildman–Crippen LogP) is 1.23. The van der Waals surface area contributed by atoms with Crippen molar-refractivity contribution in [2.45, 2.75) is 32.8 Å². The van der Waals surface area contributed by atoms with Gasteiger partial charge in [-0.1, -0.05) is 13.8 Å². The van der Waals surface area contributed by atoms with Gasteiger partial charge in [0.15, 0.2) is 0 Å². The van der Waals surface area contributed by atoms with Gasteiger partial charge in [0.1, 0.15) is 0 Å². The van der Waals surface area contributed by atoms with Gasteiger partial charge in [-0.3, -0.25) is 9.69 Å². The third-order valence-electron chi connectivity index (χ3n) is 4.43. The Bertz CT molecular complexity index is 327. The lowest BCUT2D eigenvalue weighted by molar-refractivity contribution is -0.147. The van der Waals surface area contributed by atoms with Gasteiger partial charge in [0.2, 0.25) is 0 Å². The van der Waals surface area contributed by atoms with Gasteiger partial charge < -0.3 is 14.4 Å². The number of esters is 1. The second-order valence-corrected chi connectivity index (χ2v) is 6.74. The fourth-order valence-electron chi connectivity index (χ4n) is 3.38. The minimum atomic E-state index is -0.0494. The maximum Gasteiger partial charge on any atom is 0.308 e. The van der Waals surface area contributed by atoms with Gasteiger partial charge in [0.05, 0.1) is 25.7 Å². The molecule has 1 unspecified atom stereocenters. The summed E-state index contributed by atoms with van der Waals surface area (Å²) in [6.45, 7) is 11.6. The average Bonchev–Trinajstić information content (AvgIpc) is 2.47. The molecule has 0 radical (unpaired) electrons. The molecule has 0 N–H and O–H groups in total. The van der Waals surface area contributed by atoms with Crippen LogP contribution < -0.4 is 0 Å². The monoisotopic (exact) mass is 298 g/mol. The normalized spacial score (nSPS) is 26.2. The number of methoxy groups -OCH3 is 1. The SMILES string of the molecule is COC(=O)C1CCN(CC2CN(CC(C)C)CCO2)CC1. The molecule has 0 aromatic heterocycles. The van der Waals surface area contributed by atoms with E-state index in [0.717, 1.165) is 58.7 Å². The Balaban J connectivity index is 1.71. The summed E-state index contributed by atoms with van der Waals surface area (Å²) in [6.07, 6.45) is 2.14. The molecule has 5 heteroatoms. The summed E-state index contributed by atoms with van der Waals surface area (Å²) in [6, 6.07) is 0. The number of morpholine rings is 1. The zero-order valence-corrected chi connectivity index (χ0v) is 13.7. The average molecular weight is 298 g/mol. The Labute approximate surface area is 128 Å². The summed E-state index contributed by atoms with van der Waals surface area (Å²) in [4.78, 5) is 16.5. The molecule has 2 fully saturated rings. The van der Waals surface area contributed by atoms with Crippen LogP contribution in [-0.2, 0) is 14.3 Å². The van der Waals surface area contributed by atoms with Crippen molar-refractivity contribution in [1.29, 1.82) is 0 Å². The highest BCUT2D eigenvalue weighted by Gasteiger charge is 2.28. The van der Waals surface area contributed by atoms with Crippen LogP contribution >= 0.6 is 0 Å². The summed E-state index contributed by atoms with van der Waals surface area (Å²) in [7, 11) is 1.48. The highest BCUT2D eigenvalue weighted by atomic mass is 16.5. The smallest absolute Gasteiger partial charge is 0.308 e. The molecule has 0 saturated carbocycles. The minimum absolute atomic E-state index is 0.0494. The van der Waals surface area contributed by atoms with E-state index in [1.807, 2.05) is 0 Å². The molecule has 0 bridgehead atoms. The van der Waals surface area contributed by atoms with Crippen LogP contribution in [0.4, 0.5) is 0 Å². The topological polar surface area (TPSA) is 42.0 Å². The summed E-state index contributed by atoms with van der Waals surface area (Å²) in [5, 5.41) is 0. The molecular formula is C16H30N2O3. The van der Waals surface area contributed by atoms with Crippen molar-refractivity contribution in [3.05, 3.63) is 0 Å². The van der Waals surface area contributed by atoms with Crippen LogP contribution in [0.15, 0.2) is 0 Å². The Morgan fingerprint density at radius 3 is 2.57 bits per heavy atom. The summed E-state index contributed by atoms with van der Waals surface area (Å²) in [5.74, 6) is 0.752. The lowest BCUT2D eigenvalue weighted by Gasteiger charge is -2.38. The van der Waals surface area contributed by atoms with Gasteiger partial charge >= 0.3 is 5.97 Å². The van der Waals surface area contributed by atoms with Crippen molar-refractivity contribution < 1.29 is 14.3 Å². The number of nitrogens with zero attached hydrogens (tertiary/aromatic N) is 2. The van der Waals surface area contributed by atoms with Gasteiger partial charge in [0, 0.05) is 26.2 Å². The van der Waals surface area contributed by atoms with Crippen LogP contribution in [0, 0.1) is 11.8 Å². The van der Waals surface area contributed by atoms with Crippen LogP contribution in [0.5, 0.6) is 0 Å². The molecule has 0 spiro atoms. The first-order valence-electron chi connectivity index (χ1n) is 8.22. The fourth-order valence-corrected chi connectivity index (χ4v) is 3.38. The quantitative estimate of drug-likeness (QED) is 0.714. The molecule has 0 aromatic carbocycles. The molecule has 21 heavy (non-hydrogen) atoms. The van der Waals surface area contributed by atoms with E-state index in [-0.39, 0.29) is 11.9 Å². The zero-order chi connectivity index (χ0) is 15.2. The van der Waals surface area contributed by atoms with Crippen LogP contribution in [-0.4, -0.2) is 74.9 Å². The van der Waals surface area contributed by atoms with Crippen LogP contribution in [0.2, 0.25) is 0 Å². The van der Waals surface area contributed by atoms with E-state index in [1.165, 1.54) is 7.11 Å². The second-order valence-electron chi connectivity index (χ2n) is 6.74. The summed E-state index contributed by atoms with van der Waals surface area (Å²) in [5.41, 5.74) is 0. The van der Waals surface area contributed by atoms with E-state index < -0.39 is 0 Å². The van der Waals surface area contributed by atoms with Crippen LogP contribution in [0.1, 0.15) is 26.7 Å². The van der Waals surface area contributed by atoms with E-state index in [1.54, 1.807) is 0 Å². The second kappa shape index (κ2) is 8.11. The third kappa shape index (κ3) is 5.24. The molecule has 0 aromatic rings. The van der Waals surface area contributed by atoms with E-state index in [9.17, 15) is 4.79 Å². The number of hydrogen-bond donors (Lipinski definition) is 0. The van der Waals surface area contributed by atoms with Crippen molar-refractivity contribution in [2.75, 3.05) is 53.0 Å². The lowest BCUT2D eigenvalue weighted by Crippen LogP contribution is -2.50. The number of likely N-dealkylation sites (tertiary alicyclic amines) is 1. The maximum absolute atomic E-state index is 11.5. The van der Waals surface area contributed by atoms with Gasteiger partial charge in [-0.2, -0.15) is 0 Å². The number of carbonyl (C=O) groups excluding carboxylic acids is 1. The summed E-state index contributed by atoms with van der Waals surface area (Å²) < 4.78 is 10.8. The first kappa shape index (κ1) is 16.7. The fraction of sp³-hybridized carbons (Fsp3) is 0.938. The van der Waals surface area contributed by atoms with Crippen LogP contribution in [0.25, 0.3) is 0 Å². The van der Waals surface area contributed by atoms with Gasteiger partial charge in [-0.15, -0.1) is 0 Å². The van der Waals surface area contributed by atoms with Crippen molar-refractivity contribution in [3.63, 3.8) is 0 Å². The van der Waals surface area contributed by atoms with E-state index in [0.29, 0.717) is 12.0 Å². The molecule has 2 aliphatic heterocycles. The largest absolute Gasteiger partial charge is 0.469 e. The lowest BCUT2D eigenvalue weighted by atomic mass is 9.97. The Kier molecular flexibility index (Phi) is 6.45. The number of carbonyl (C=O) groups is 1. The third-order valence-corrected chi connectivity index (χ3v) is 4.43. The Morgan fingerprint density at radius 2 is 1.95 bits per heavy atom. The highest BCUT2D eigenvalue weighted by Crippen LogP contribution is 2.19. The molecule has 0 amide bonds. The zero-order valence-electron chi connectivity index (χ0n) is 13.7. The molecule has 2 rings (SSSR count). The van der Waals surface area contributed by atoms with E-state index >= 15 is 0 Å². The molecule has 2 heterocycles.